The van der Waals surface area contributed by atoms with Crippen LogP contribution in [0.2, 0.25) is 0 Å². The van der Waals surface area contributed by atoms with Gasteiger partial charge in [-0.25, -0.2) is 19.9 Å². The first-order valence-corrected chi connectivity index (χ1v) is 27.7. The molecular formula is C49H58BBr3N6O10S4. The van der Waals surface area contributed by atoms with Crippen LogP contribution in [-0.4, -0.2) is 97.7 Å². The number of aromatic nitrogens is 4. The number of hydrogen-bond acceptors (Lipinski definition) is 18. The van der Waals surface area contributed by atoms with E-state index in [9.17, 15) is 24.0 Å². The Labute approximate surface area is 467 Å². The van der Waals surface area contributed by atoms with Crippen LogP contribution in [0.3, 0.4) is 0 Å². The smallest absolute Gasteiger partial charge is 0.466 e. The Hall–Kier alpha value is -4.79. The standard InChI is InChI=1S/C19H22N2O3S.C11H15BrN2O3S.C8H9BO2.C7H8BrNO2S.C4H4BrNS/c1-19(2,3)24-18(23)13-20-16(22)11-17-21-12-15(25-17)10-9-14-7-5-4-6-8-14;1-11(2,3)17-10(16)6-13-8(15)4-9-14-5-7(12)18-9;10-9(11)7-6-8-4-2-1-3-5-8;1-2-11-7(10)3-6-9-4-5(8)12-6;1-3-6-2-4(5)7-3/h4-10,12H,11,13H2,1-3H3,(H,20,22);5H,4,6H2,1-3H3,(H,13,15);1-7,10-11H;4H,2-3H2,1H3;2H,1H3/b10-9+;;7-6+;;. The number of thiazole rings is 4. The largest absolute Gasteiger partial charge is 0.480 e. The lowest BCUT2D eigenvalue weighted by molar-refractivity contribution is -0.155. The molecule has 0 saturated heterocycles. The number of carbonyl (C=O) groups excluding carboxylic acids is 5. The number of benzene rings is 2. The van der Waals surface area contributed by atoms with Gasteiger partial charge in [0.2, 0.25) is 11.8 Å². The highest BCUT2D eigenvalue weighted by Crippen LogP contribution is 2.21. The van der Waals surface area contributed by atoms with E-state index < -0.39 is 30.3 Å². The molecule has 0 aliphatic heterocycles. The molecule has 0 radical (unpaired) electrons. The second-order valence-electron chi connectivity index (χ2n) is 16.4. The molecule has 0 spiro atoms. The van der Waals surface area contributed by atoms with E-state index in [-0.39, 0.29) is 50.1 Å². The van der Waals surface area contributed by atoms with Crippen molar-refractivity contribution in [3.05, 3.63) is 139 Å². The van der Waals surface area contributed by atoms with Crippen LogP contribution in [0.15, 0.2) is 103 Å². The molecule has 0 bridgehead atoms. The van der Waals surface area contributed by atoms with Gasteiger partial charge < -0.3 is 34.9 Å². The molecule has 0 fully saturated rings. The van der Waals surface area contributed by atoms with Gasteiger partial charge in [-0.1, -0.05) is 78.8 Å². The summed E-state index contributed by atoms with van der Waals surface area (Å²) in [6.45, 7) is 14.6. The van der Waals surface area contributed by atoms with Crippen LogP contribution >= 0.6 is 93.1 Å². The van der Waals surface area contributed by atoms with E-state index in [2.05, 4.69) is 78.4 Å². The number of nitrogens with zero attached hydrogens (tertiary/aromatic N) is 4. The van der Waals surface area contributed by atoms with Crippen molar-refractivity contribution in [2.45, 2.75) is 85.9 Å². The lowest BCUT2D eigenvalue weighted by Crippen LogP contribution is -2.35. The summed E-state index contributed by atoms with van der Waals surface area (Å²) in [5, 5.41) is 25.3. The molecule has 0 aliphatic carbocycles. The van der Waals surface area contributed by atoms with Crippen molar-refractivity contribution in [3.63, 3.8) is 0 Å². The summed E-state index contributed by atoms with van der Waals surface area (Å²) in [5.74, 6) is -0.307. The van der Waals surface area contributed by atoms with Gasteiger partial charge in [0, 0.05) is 11.1 Å². The minimum atomic E-state index is -1.37. The van der Waals surface area contributed by atoms with Gasteiger partial charge in [-0.2, -0.15) is 0 Å². The molecule has 2 aromatic carbocycles. The molecule has 73 heavy (non-hydrogen) atoms. The van der Waals surface area contributed by atoms with Gasteiger partial charge in [0.15, 0.2) is 0 Å². The van der Waals surface area contributed by atoms with Crippen molar-refractivity contribution < 1.29 is 48.2 Å². The third kappa shape index (κ3) is 33.6. The zero-order chi connectivity index (χ0) is 54.4. The van der Waals surface area contributed by atoms with Crippen molar-refractivity contribution in [2.75, 3.05) is 19.7 Å². The molecule has 0 saturated carbocycles. The number of amides is 2. The maximum Gasteiger partial charge on any atom is 0.480 e. The van der Waals surface area contributed by atoms with Crippen molar-refractivity contribution in [3.8, 4) is 0 Å². The first-order chi connectivity index (χ1) is 34.4. The van der Waals surface area contributed by atoms with Gasteiger partial charge in [0.05, 0.1) is 60.8 Å². The zero-order valence-corrected chi connectivity index (χ0v) is 49.5. The molecule has 0 unspecified atom stereocenters. The van der Waals surface area contributed by atoms with Crippen LogP contribution in [0, 0.1) is 6.92 Å². The molecule has 16 nitrogen and oxygen atoms in total. The number of ether oxygens (including phenoxy) is 3. The number of halogens is 3. The van der Waals surface area contributed by atoms with Gasteiger partial charge >= 0.3 is 25.0 Å². The van der Waals surface area contributed by atoms with Gasteiger partial charge in [-0.3, -0.25) is 24.0 Å². The van der Waals surface area contributed by atoms with E-state index in [0.717, 1.165) is 37.4 Å². The van der Waals surface area contributed by atoms with Crippen molar-refractivity contribution in [1.82, 2.24) is 30.6 Å². The molecule has 0 atom stereocenters. The summed E-state index contributed by atoms with van der Waals surface area (Å²) in [5.41, 5.74) is 0.965. The summed E-state index contributed by atoms with van der Waals surface area (Å²) >= 11 is 15.8. The average Bonchev–Trinajstić information content (AvgIpc) is 4.13. The van der Waals surface area contributed by atoms with Crippen LogP contribution < -0.4 is 10.6 Å². The number of esters is 3. The van der Waals surface area contributed by atoms with Gasteiger partial charge in [-0.15, -0.1) is 45.3 Å². The highest BCUT2D eigenvalue weighted by molar-refractivity contribution is 9.11. The molecular weight excluding hydrogens is 1210 g/mol. The van der Waals surface area contributed by atoms with Crippen molar-refractivity contribution >= 4 is 148 Å². The Morgan fingerprint density at radius 3 is 1.40 bits per heavy atom. The first kappa shape index (κ1) is 64.3. The fourth-order valence-corrected chi connectivity index (χ4v) is 9.61. The summed E-state index contributed by atoms with van der Waals surface area (Å²) < 4.78 is 17.9. The second kappa shape index (κ2) is 34.7. The van der Waals surface area contributed by atoms with Crippen molar-refractivity contribution in [1.29, 1.82) is 0 Å². The monoisotopic (exact) mass is 1270 g/mol. The minimum absolute atomic E-state index is 0.122. The predicted octanol–water partition coefficient (Wildman–Crippen LogP) is 10.2. The third-order valence-corrected chi connectivity index (χ3v) is 12.9. The quantitative estimate of drug-likeness (QED) is 0.0426. The normalized spacial score (nSPS) is 10.8. The van der Waals surface area contributed by atoms with Gasteiger partial charge in [0.1, 0.15) is 39.3 Å². The number of carbonyl (C=O) groups is 5. The maximum absolute atomic E-state index is 11.9. The average molecular weight is 1270 g/mol. The van der Waals surface area contributed by atoms with Crippen LogP contribution in [0.5, 0.6) is 0 Å². The predicted molar refractivity (Wildman–Crippen MR) is 303 cm³/mol. The summed E-state index contributed by atoms with van der Waals surface area (Å²) in [6.07, 6.45) is 13.1. The maximum atomic E-state index is 11.9. The number of nitrogens with one attached hydrogen (secondary N) is 2. The Morgan fingerprint density at radius 2 is 1.01 bits per heavy atom. The fourth-order valence-electron chi connectivity index (χ4n) is 4.89. The molecule has 4 N–H and O–H groups in total. The van der Waals surface area contributed by atoms with Crippen LogP contribution in [-0.2, 0) is 57.4 Å². The molecule has 6 rings (SSSR count). The van der Waals surface area contributed by atoms with E-state index in [1.807, 2.05) is 79.7 Å². The highest BCUT2D eigenvalue weighted by Gasteiger charge is 2.18. The summed E-state index contributed by atoms with van der Waals surface area (Å²) in [7, 11) is -1.37. The summed E-state index contributed by atoms with van der Waals surface area (Å²) in [4.78, 5) is 74.6. The Morgan fingerprint density at radius 1 is 0.589 bits per heavy atom. The summed E-state index contributed by atoms with van der Waals surface area (Å²) in [6, 6.07) is 19.4. The molecule has 4 heterocycles. The van der Waals surface area contributed by atoms with Crippen LogP contribution in [0.25, 0.3) is 18.2 Å². The zero-order valence-electron chi connectivity index (χ0n) is 41.4. The van der Waals surface area contributed by atoms with Gasteiger partial charge in [0.25, 0.3) is 0 Å². The molecule has 24 heteroatoms. The molecule has 6 aromatic rings. The lowest BCUT2D eigenvalue weighted by Gasteiger charge is -2.19. The van der Waals surface area contributed by atoms with Crippen LogP contribution in [0.1, 0.15) is 84.5 Å². The topological polar surface area (TPSA) is 229 Å². The number of hydrogen-bond donors (Lipinski definition) is 4. The van der Waals surface area contributed by atoms with E-state index >= 15 is 0 Å². The van der Waals surface area contributed by atoms with Crippen LogP contribution in [0.4, 0.5) is 0 Å². The highest BCUT2D eigenvalue weighted by atomic mass is 79.9. The number of rotatable bonds is 15. The molecule has 2 amide bonds. The van der Waals surface area contributed by atoms with E-state index in [1.165, 1.54) is 40.0 Å². The molecule has 4 aromatic heterocycles. The Bertz CT molecular complexity index is 2630. The number of aryl methyl sites for hydroxylation is 1. The molecule has 392 valence electrons. The SMILES string of the molecule is CC(C)(C)OC(=O)CNC(=O)Cc1ncc(/C=C/c2ccccc2)s1.CC(C)(C)OC(=O)CNC(=O)Cc1ncc(Br)s1.CCOC(=O)Cc1ncc(Br)s1.Cc1ncc(Br)s1.OB(O)/C=C/c1ccccc1. The molecule has 0 aliphatic rings. The second-order valence-corrected chi connectivity index (χ2v) is 25.2. The Kier molecular flexibility index (Phi) is 30.5. The van der Waals surface area contributed by atoms with E-state index in [0.29, 0.717) is 16.6 Å². The fraction of sp³-hybridized carbons (Fsp3) is 0.327. The van der Waals surface area contributed by atoms with Crippen molar-refractivity contribution in [2.24, 2.45) is 0 Å². The minimum Gasteiger partial charge on any atom is -0.466 e. The van der Waals surface area contributed by atoms with E-state index in [4.69, 9.17) is 24.3 Å². The Balaban J connectivity index is 0.000000333. The van der Waals surface area contributed by atoms with Gasteiger partial charge in [-0.05, 0) is 120 Å². The lowest BCUT2D eigenvalue weighted by atomic mass is 9.91. The van der Waals surface area contributed by atoms with E-state index in [1.54, 1.807) is 90.7 Å². The first-order valence-electron chi connectivity index (χ1n) is 22.1. The third-order valence-electron chi connectivity index (χ3n) is 7.64.